The van der Waals surface area contributed by atoms with Crippen molar-refractivity contribution in [2.24, 2.45) is 0 Å². The van der Waals surface area contributed by atoms with Gasteiger partial charge < -0.3 is 4.90 Å². The van der Waals surface area contributed by atoms with E-state index in [0.717, 1.165) is 16.9 Å². The van der Waals surface area contributed by atoms with Crippen LogP contribution in [0.3, 0.4) is 0 Å². The van der Waals surface area contributed by atoms with Crippen LogP contribution in [0, 0.1) is 13.8 Å². The topological polar surface area (TPSA) is 72.3 Å². The molecule has 2 aromatic rings. The highest BCUT2D eigenvalue weighted by Gasteiger charge is 2.25. The largest absolute Gasteiger partial charge is 0.337 e. The summed E-state index contributed by atoms with van der Waals surface area (Å²) in [6, 6.07) is 7.91. The molecule has 0 unspecified atom stereocenters. The molecule has 2 heterocycles. The first kappa shape index (κ1) is 16.7. The highest BCUT2D eigenvalue weighted by Crippen LogP contribution is 2.18. The fourth-order valence-corrected chi connectivity index (χ4v) is 4.22. The fourth-order valence-electron chi connectivity index (χ4n) is 2.95. The van der Waals surface area contributed by atoms with E-state index >= 15 is 0 Å². The van der Waals surface area contributed by atoms with Crippen LogP contribution in [0.4, 0.5) is 0 Å². The van der Waals surface area contributed by atoms with Crippen LogP contribution in [-0.4, -0.2) is 53.6 Å². The lowest BCUT2D eigenvalue weighted by Gasteiger charge is -2.19. The number of nitrogens with zero attached hydrogens (tertiary/aromatic N) is 3. The first-order chi connectivity index (χ1) is 11.4. The van der Waals surface area contributed by atoms with Gasteiger partial charge in [0.2, 0.25) is 0 Å². The number of amides is 1. The van der Waals surface area contributed by atoms with Crippen LogP contribution in [0.2, 0.25) is 0 Å². The number of benzene rings is 1. The summed E-state index contributed by atoms with van der Waals surface area (Å²) in [6.45, 7) is 4.58. The third-order valence-corrected chi connectivity index (χ3v) is 6.04. The molecular formula is C17H21N3O3S. The van der Waals surface area contributed by atoms with E-state index in [0.29, 0.717) is 18.5 Å². The average Bonchev–Trinajstić information content (AvgIpc) is 2.81. The summed E-state index contributed by atoms with van der Waals surface area (Å²) in [5.41, 5.74) is 3.31. The van der Waals surface area contributed by atoms with Crippen molar-refractivity contribution in [3.63, 3.8) is 0 Å². The normalized spacial score (nSPS) is 17.5. The maximum atomic E-state index is 12.8. The number of carbonyl (C=O) groups is 1. The van der Waals surface area contributed by atoms with Crippen LogP contribution < -0.4 is 0 Å². The standard InChI is InChI=1S/C17H21N3O3S/c1-13-5-3-6-15(11-13)20-14(2)16(12-18-20)17(21)19-7-4-9-24(22,23)10-8-19/h3,5-6,11-12H,4,7-10H2,1-2H3. The van der Waals surface area contributed by atoms with E-state index in [1.807, 2.05) is 38.1 Å². The molecule has 0 atom stereocenters. The summed E-state index contributed by atoms with van der Waals surface area (Å²) < 4.78 is 25.2. The minimum Gasteiger partial charge on any atom is -0.337 e. The van der Waals surface area contributed by atoms with Crippen molar-refractivity contribution in [3.8, 4) is 5.69 Å². The van der Waals surface area contributed by atoms with Crippen LogP contribution in [-0.2, 0) is 9.84 Å². The summed E-state index contributed by atoms with van der Waals surface area (Å²) in [4.78, 5) is 14.4. The maximum Gasteiger partial charge on any atom is 0.257 e. The van der Waals surface area contributed by atoms with E-state index in [9.17, 15) is 13.2 Å². The van der Waals surface area contributed by atoms with E-state index in [-0.39, 0.29) is 24.0 Å². The second-order valence-corrected chi connectivity index (χ2v) is 8.50. The first-order valence-electron chi connectivity index (χ1n) is 7.99. The zero-order valence-corrected chi connectivity index (χ0v) is 14.7. The molecule has 24 heavy (non-hydrogen) atoms. The second kappa shape index (κ2) is 6.39. The summed E-state index contributed by atoms with van der Waals surface area (Å²) in [7, 11) is -3.04. The van der Waals surface area contributed by atoms with Gasteiger partial charge in [0, 0.05) is 13.1 Å². The average molecular weight is 347 g/mol. The van der Waals surface area contributed by atoms with Gasteiger partial charge in [0.1, 0.15) is 0 Å². The summed E-state index contributed by atoms with van der Waals surface area (Å²) in [5.74, 6) is 0.0331. The van der Waals surface area contributed by atoms with Gasteiger partial charge in [-0.25, -0.2) is 13.1 Å². The van der Waals surface area contributed by atoms with E-state index < -0.39 is 9.84 Å². The molecule has 3 rings (SSSR count). The summed E-state index contributed by atoms with van der Waals surface area (Å²) in [5, 5.41) is 4.35. The predicted molar refractivity (Wildman–Crippen MR) is 92.2 cm³/mol. The zero-order valence-electron chi connectivity index (χ0n) is 13.9. The second-order valence-electron chi connectivity index (χ2n) is 6.19. The number of sulfone groups is 1. The quantitative estimate of drug-likeness (QED) is 0.830. The molecule has 1 saturated heterocycles. The van der Waals surface area contributed by atoms with Crippen LogP contribution in [0.5, 0.6) is 0 Å². The Morgan fingerprint density at radius 3 is 2.71 bits per heavy atom. The van der Waals surface area contributed by atoms with Crippen LogP contribution in [0.15, 0.2) is 30.5 Å². The summed E-state index contributed by atoms with van der Waals surface area (Å²) in [6.07, 6.45) is 2.05. The molecule has 1 fully saturated rings. The van der Waals surface area contributed by atoms with E-state index in [4.69, 9.17) is 0 Å². The van der Waals surface area contributed by atoms with E-state index in [2.05, 4.69) is 5.10 Å². The Morgan fingerprint density at radius 2 is 1.96 bits per heavy atom. The highest BCUT2D eigenvalue weighted by molar-refractivity contribution is 7.91. The van der Waals surface area contributed by atoms with Crippen LogP contribution >= 0.6 is 0 Å². The van der Waals surface area contributed by atoms with Gasteiger partial charge in [-0.15, -0.1) is 0 Å². The molecule has 0 bridgehead atoms. The number of carbonyl (C=O) groups excluding carboxylic acids is 1. The molecule has 0 aliphatic carbocycles. The Hall–Kier alpha value is -2.15. The number of aromatic nitrogens is 2. The Kier molecular flexibility index (Phi) is 4.45. The van der Waals surface area contributed by atoms with Gasteiger partial charge in [0.15, 0.2) is 9.84 Å². The first-order valence-corrected chi connectivity index (χ1v) is 9.81. The van der Waals surface area contributed by atoms with E-state index in [1.165, 1.54) is 0 Å². The van der Waals surface area contributed by atoms with Gasteiger partial charge in [-0.05, 0) is 38.0 Å². The number of aryl methyl sites for hydroxylation is 1. The molecule has 128 valence electrons. The lowest BCUT2D eigenvalue weighted by molar-refractivity contribution is 0.0767. The number of hydrogen-bond acceptors (Lipinski definition) is 4. The van der Waals surface area contributed by atoms with Crippen molar-refractivity contribution >= 4 is 15.7 Å². The molecule has 1 aromatic carbocycles. The Bertz CT molecular complexity index is 871. The Labute approximate surface area is 142 Å². The monoisotopic (exact) mass is 347 g/mol. The van der Waals surface area contributed by atoms with Crippen molar-refractivity contribution in [3.05, 3.63) is 47.3 Å². The van der Waals surface area contributed by atoms with Crippen LogP contribution in [0.1, 0.15) is 28.0 Å². The van der Waals surface area contributed by atoms with Crippen molar-refractivity contribution in [2.75, 3.05) is 24.6 Å². The maximum absolute atomic E-state index is 12.8. The van der Waals surface area contributed by atoms with Gasteiger partial charge in [0.25, 0.3) is 5.91 Å². The van der Waals surface area contributed by atoms with Crippen molar-refractivity contribution < 1.29 is 13.2 Å². The number of rotatable bonds is 2. The third-order valence-electron chi connectivity index (χ3n) is 4.33. The minimum absolute atomic E-state index is 0.0316. The molecule has 0 N–H and O–H groups in total. The number of hydrogen-bond donors (Lipinski definition) is 0. The molecule has 1 aromatic heterocycles. The Morgan fingerprint density at radius 1 is 1.17 bits per heavy atom. The molecule has 1 aliphatic heterocycles. The SMILES string of the molecule is Cc1cccc(-n2ncc(C(=O)N3CCCS(=O)(=O)CC3)c2C)c1. The molecule has 6 nitrogen and oxygen atoms in total. The molecule has 1 amide bonds. The lowest BCUT2D eigenvalue weighted by Crippen LogP contribution is -2.33. The molecule has 7 heteroatoms. The van der Waals surface area contributed by atoms with Crippen molar-refractivity contribution in [1.29, 1.82) is 0 Å². The molecule has 0 saturated carbocycles. The van der Waals surface area contributed by atoms with Gasteiger partial charge in [-0.1, -0.05) is 12.1 Å². The molecular weight excluding hydrogens is 326 g/mol. The fraction of sp³-hybridized carbons (Fsp3) is 0.412. The van der Waals surface area contributed by atoms with Gasteiger partial charge in [-0.2, -0.15) is 5.10 Å². The smallest absolute Gasteiger partial charge is 0.257 e. The zero-order chi connectivity index (χ0) is 17.3. The molecule has 0 spiro atoms. The summed E-state index contributed by atoms with van der Waals surface area (Å²) >= 11 is 0. The third kappa shape index (κ3) is 3.36. The molecule has 0 radical (unpaired) electrons. The minimum atomic E-state index is -3.04. The molecule has 1 aliphatic rings. The van der Waals surface area contributed by atoms with Gasteiger partial charge >= 0.3 is 0 Å². The van der Waals surface area contributed by atoms with E-state index in [1.54, 1.807) is 15.8 Å². The van der Waals surface area contributed by atoms with Gasteiger partial charge in [-0.3, -0.25) is 4.79 Å². The van der Waals surface area contributed by atoms with Gasteiger partial charge in [0.05, 0.1) is 34.6 Å². The highest BCUT2D eigenvalue weighted by atomic mass is 32.2. The lowest BCUT2D eigenvalue weighted by atomic mass is 10.2. The predicted octanol–water partition coefficient (Wildman–Crippen LogP) is 1.75. The Balaban J connectivity index is 1.86. The van der Waals surface area contributed by atoms with Crippen molar-refractivity contribution in [1.82, 2.24) is 14.7 Å². The van der Waals surface area contributed by atoms with Crippen molar-refractivity contribution in [2.45, 2.75) is 20.3 Å². The van der Waals surface area contributed by atoms with Crippen LogP contribution in [0.25, 0.3) is 5.69 Å².